The number of aliphatic hydroxyl groups is 1. The van der Waals surface area contributed by atoms with E-state index in [1.807, 2.05) is 11.9 Å². The lowest BCUT2D eigenvalue weighted by atomic mass is 10.1. The molecule has 0 aliphatic rings. The fraction of sp³-hybridized carbons (Fsp3) is 0.400. The van der Waals surface area contributed by atoms with Gasteiger partial charge in [-0.25, -0.2) is 4.79 Å². The predicted octanol–water partition coefficient (Wildman–Crippen LogP) is 1.70. The summed E-state index contributed by atoms with van der Waals surface area (Å²) in [5, 5.41) is 19.5. The van der Waals surface area contributed by atoms with Crippen LogP contribution in [0.15, 0.2) is 33.5 Å². The van der Waals surface area contributed by atoms with Crippen molar-refractivity contribution in [1.29, 1.82) is 0 Å². The van der Waals surface area contributed by atoms with Gasteiger partial charge in [0, 0.05) is 30.6 Å². The van der Waals surface area contributed by atoms with Gasteiger partial charge in [0.05, 0.1) is 6.10 Å². The Kier molecular flexibility index (Phi) is 4.42. The van der Waals surface area contributed by atoms with Crippen LogP contribution in [0.1, 0.15) is 18.9 Å². The van der Waals surface area contributed by atoms with Gasteiger partial charge in [-0.15, -0.1) is 0 Å². The number of phenols is 1. The number of aliphatic hydroxyl groups excluding tert-OH is 1. The number of aromatic hydroxyl groups is 1. The maximum absolute atomic E-state index is 11.6. The van der Waals surface area contributed by atoms with Gasteiger partial charge in [-0.3, -0.25) is 0 Å². The molecule has 2 aromatic rings. The third-order valence-electron chi connectivity index (χ3n) is 3.18. The van der Waals surface area contributed by atoms with E-state index in [-0.39, 0.29) is 11.9 Å². The Bertz CT molecular complexity index is 648. The van der Waals surface area contributed by atoms with Crippen LogP contribution in [0, 0.1) is 0 Å². The molecule has 5 nitrogen and oxygen atoms in total. The highest BCUT2D eigenvalue weighted by Crippen LogP contribution is 2.22. The lowest BCUT2D eigenvalue weighted by Crippen LogP contribution is -2.22. The van der Waals surface area contributed by atoms with Gasteiger partial charge >= 0.3 is 5.63 Å². The zero-order valence-electron chi connectivity index (χ0n) is 11.7. The summed E-state index contributed by atoms with van der Waals surface area (Å²) in [5.74, 6) is 0.0697. The molecule has 0 bridgehead atoms. The van der Waals surface area contributed by atoms with Gasteiger partial charge in [0.2, 0.25) is 0 Å². The number of phenolic OH excluding ortho intramolecular Hbond substituents is 1. The van der Waals surface area contributed by atoms with E-state index in [9.17, 15) is 15.0 Å². The lowest BCUT2D eigenvalue weighted by Gasteiger charge is -2.18. The first-order valence-electron chi connectivity index (χ1n) is 6.58. The Morgan fingerprint density at radius 2 is 2.10 bits per heavy atom. The molecule has 2 rings (SSSR count). The van der Waals surface area contributed by atoms with Crippen molar-refractivity contribution in [3.8, 4) is 5.75 Å². The highest BCUT2D eigenvalue weighted by atomic mass is 16.4. The number of hydrogen-bond acceptors (Lipinski definition) is 5. The summed E-state index contributed by atoms with van der Waals surface area (Å²) in [5.41, 5.74) is 0.808. The van der Waals surface area contributed by atoms with Gasteiger partial charge in [0.15, 0.2) is 0 Å². The van der Waals surface area contributed by atoms with E-state index >= 15 is 0 Å². The second-order valence-electron chi connectivity index (χ2n) is 5.15. The minimum absolute atomic E-state index is 0.0697. The fourth-order valence-corrected chi connectivity index (χ4v) is 2.13. The van der Waals surface area contributed by atoms with Crippen LogP contribution in [0.25, 0.3) is 11.0 Å². The molecular weight excluding hydrogens is 258 g/mol. The van der Waals surface area contributed by atoms with Crippen molar-refractivity contribution >= 4 is 11.0 Å². The molecule has 108 valence electrons. The Hall–Kier alpha value is -1.85. The largest absolute Gasteiger partial charge is 0.508 e. The molecule has 2 N–H and O–H groups in total. The molecule has 0 spiro atoms. The standard InChI is InChI=1S/C15H19NO4/c1-10(17)5-6-16(2)9-11-7-15(19)20-14-8-12(18)3-4-13(11)14/h3-4,7-8,10,17-18H,5-6,9H2,1-2H3. The van der Waals surface area contributed by atoms with Crippen molar-refractivity contribution in [2.75, 3.05) is 13.6 Å². The highest BCUT2D eigenvalue weighted by Gasteiger charge is 2.09. The third kappa shape index (κ3) is 3.59. The summed E-state index contributed by atoms with van der Waals surface area (Å²) in [6, 6.07) is 6.22. The van der Waals surface area contributed by atoms with E-state index in [2.05, 4.69) is 0 Å². The number of fused-ring (bicyclic) bond motifs is 1. The van der Waals surface area contributed by atoms with Crippen LogP contribution >= 0.6 is 0 Å². The Morgan fingerprint density at radius 3 is 2.80 bits per heavy atom. The van der Waals surface area contributed by atoms with Crippen LogP contribution in [-0.2, 0) is 6.54 Å². The van der Waals surface area contributed by atoms with Crippen LogP contribution in [-0.4, -0.2) is 34.8 Å². The second kappa shape index (κ2) is 6.07. The molecule has 1 heterocycles. The molecule has 0 saturated heterocycles. The number of hydrogen-bond donors (Lipinski definition) is 2. The molecule has 1 atom stereocenters. The third-order valence-corrected chi connectivity index (χ3v) is 3.18. The molecule has 0 saturated carbocycles. The summed E-state index contributed by atoms with van der Waals surface area (Å²) in [4.78, 5) is 13.6. The average Bonchev–Trinajstić information content (AvgIpc) is 2.35. The van der Waals surface area contributed by atoms with E-state index in [1.165, 1.54) is 12.1 Å². The number of benzene rings is 1. The van der Waals surface area contributed by atoms with Gasteiger partial charge in [-0.05, 0) is 38.1 Å². The summed E-state index contributed by atoms with van der Waals surface area (Å²) >= 11 is 0. The van der Waals surface area contributed by atoms with Crippen molar-refractivity contribution in [3.63, 3.8) is 0 Å². The van der Waals surface area contributed by atoms with Crippen molar-refractivity contribution in [1.82, 2.24) is 4.90 Å². The molecule has 0 aliphatic carbocycles. The van der Waals surface area contributed by atoms with Crippen LogP contribution in [0.5, 0.6) is 5.75 Å². The number of nitrogens with zero attached hydrogens (tertiary/aromatic N) is 1. The maximum Gasteiger partial charge on any atom is 0.336 e. The minimum Gasteiger partial charge on any atom is -0.508 e. The van der Waals surface area contributed by atoms with Crippen molar-refractivity contribution < 1.29 is 14.6 Å². The Labute approximate surface area is 117 Å². The Balaban J connectivity index is 2.27. The quantitative estimate of drug-likeness (QED) is 0.814. The second-order valence-corrected chi connectivity index (χ2v) is 5.15. The van der Waals surface area contributed by atoms with E-state index < -0.39 is 5.63 Å². The monoisotopic (exact) mass is 277 g/mol. The molecule has 5 heteroatoms. The number of rotatable bonds is 5. The normalized spacial score (nSPS) is 13.0. The van der Waals surface area contributed by atoms with Crippen molar-refractivity contribution in [2.24, 2.45) is 0 Å². The topological polar surface area (TPSA) is 73.9 Å². The van der Waals surface area contributed by atoms with Gasteiger partial charge in [0.25, 0.3) is 0 Å². The van der Waals surface area contributed by atoms with Gasteiger partial charge in [-0.2, -0.15) is 0 Å². The molecule has 1 aromatic heterocycles. The van der Waals surface area contributed by atoms with Crippen molar-refractivity contribution in [3.05, 3.63) is 40.2 Å². The summed E-state index contributed by atoms with van der Waals surface area (Å²) in [7, 11) is 1.93. The van der Waals surface area contributed by atoms with E-state index in [0.717, 1.165) is 17.5 Å². The van der Waals surface area contributed by atoms with E-state index in [1.54, 1.807) is 19.1 Å². The molecule has 0 amide bonds. The molecule has 0 radical (unpaired) electrons. The summed E-state index contributed by atoms with van der Waals surface area (Å²) in [6.07, 6.45) is 0.336. The maximum atomic E-state index is 11.6. The van der Waals surface area contributed by atoms with E-state index in [0.29, 0.717) is 18.5 Å². The minimum atomic E-state index is -0.429. The summed E-state index contributed by atoms with van der Waals surface area (Å²) in [6.45, 7) is 3.07. The van der Waals surface area contributed by atoms with Crippen LogP contribution in [0.2, 0.25) is 0 Å². The van der Waals surface area contributed by atoms with Crippen LogP contribution in [0.4, 0.5) is 0 Å². The van der Waals surface area contributed by atoms with E-state index in [4.69, 9.17) is 4.42 Å². The summed E-state index contributed by atoms with van der Waals surface area (Å²) < 4.78 is 5.09. The smallest absolute Gasteiger partial charge is 0.336 e. The van der Waals surface area contributed by atoms with Gasteiger partial charge in [0.1, 0.15) is 11.3 Å². The molecule has 0 fully saturated rings. The van der Waals surface area contributed by atoms with Gasteiger partial charge in [-0.1, -0.05) is 0 Å². The zero-order chi connectivity index (χ0) is 14.7. The lowest BCUT2D eigenvalue weighted by molar-refractivity contribution is 0.163. The zero-order valence-corrected chi connectivity index (χ0v) is 11.7. The van der Waals surface area contributed by atoms with Gasteiger partial charge < -0.3 is 19.5 Å². The molecule has 1 unspecified atom stereocenters. The van der Waals surface area contributed by atoms with Crippen LogP contribution < -0.4 is 5.63 Å². The molecule has 20 heavy (non-hydrogen) atoms. The average molecular weight is 277 g/mol. The van der Waals surface area contributed by atoms with Crippen molar-refractivity contribution in [2.45, 2.75) is 26.0 Å². The molecule has 0 aliphatic heterocycles. The first kappa shape index (κ1) is 14.6. The SMILES string of the molecule is CC(O)CCN(C)Cc1cc(=O)oc2cc(O)ccc12. The fourth-order valence-electron chi connectivity index (χ4n) is 2.13. The highest BCUT2D eigenvalue weighted by molar-refractivity contribution is 5.81. The Morgan fingerprint density at radius 1 is 1.35 bits per heavy atom. The molecule has 1 aromatic carbocycles. The first-order chi connectivity index (χ1) is 9.45. The molecular formula is C15H19NO4. The van der Waals surface area contributed by atoms with Crippen LogP contribution in [0.3, 0.4) is 0 Å². The first-order valence-corrected chi connectivity index (χ1v) is 6.58. The predicted molar refractivity (Wildman–Crippen MR) is 76.8 cm³/mol.